The number of benzene rings is 3. The molecule has 2 aliphatic heterocycles. The molecule has 0 atom stereocenters. The van der Waals surface area contributed by atoms with Crippen molar-refractivity contribution in [3.63, 3.8) is 0 Å². The Morgan fingerprint density at radius 1 is 0.921 bits per heavy atom. The van der Waals surface area contributed by atoms with Gasteiger partial charge in [-0.1, -0.05) is 6.07 Å². The predicted molar refractivity (Wildman–Crippen MR) is 153 cm³/mol. The first kappa shape index (κ1) is 24.6. The number of hydrogen-bond donors (Lipinski definition) is 1. The summed E-state index contributed by atoms with van der Waals surface area (Å²) in [6.45, 7) is 3.67. The Hall–Kier alpha value is -3.71. The van der Waals surface area contributed by atoms with E-state index in [1.165, 1.54) is 24.0 Å². The molecular weight excluding hydrogens is 496 g/mol. The number of ether oxygens (including phenoxy) is 2. The predicted octanol–water partition coefficient (Wildman–Crippen LogP) is 7.07. The van der Waals surface area contributed by atoms with Crippen LogP contribution in [0.15, 0.2) is 60.7 Å². The van der Waals surface area contributed by atoms with E-state index in [2.05, 4.69) is 23.1 Å². The van der Waals surface area contributed by atoms with Crippen molar-refractivity contribution in [2.75, 3.05) is 38.2 Å². The number of carbonyl (C=O) groups excluding carboxylic acids is 1. The molecule has 1 N–H and O–H groups in total. The number of hydrogen-bond acceptors (Lipinski definition) is 6. The Kier molecular flexibility index (Phi) is 6.85. The highest BCUT2D eigenvalue weighted by atomic mass is 32.1. The average molecular weight is 529 g/mol. The van der Waals surface area contributed by atoms with Crippen LogP contribution in [0.1, 0.15) is 36.8 Å². The maximum absolute atomic E-state index is 12.4. The van der Waals surface area contributed by atoms with Gasteiger partial charge in [0.2, 0.25) is 0 Å². The van der Waals surface area contributed by atoms with Gasteiger partial charge in [0.25, 0.3) is 0 Å². The van der Waals surface area contributed by atoms with Gasteiger partial charge < -0.3 is 24.4 Å². The van der Waals surface area contributed by atoms with E-state index >= 15 is 0 Å². The Bertz CT molecular complexity index is 1450. The molecule has 0 bridgehead atoms. The molecule has 2 aliphatic rings. The fourth-order valence-electron chi connectivity index (χ4n) is 5.54. The number of thiophene rings is 1. The number of phenolic OH excluding ortho intramolecular Hbond substituents is 1. The molecule has 0 saturated carbocycles. The summed E-state index contributed by atoms with van der Waals surface area (Å²) in [5, 5.41) is 11.3. The summed E-state index contributed by atoms with van der Waals surface area (Å²) >= 11 is 1.67. The highest BCUT2D eigenvalue weighted by molar-refractivity contribution is 7.22. The standard InChI is InChI=1S/C31H32N2O4S/c1-36-28-19-21(6-13-27(28)32-14-2-3-15-32)18-26-25-12-9-23(34)20-29(25)38-30(26)22-7-10-24(11-8-22)37-31(35)33-16-4-5-17-33/h6-13,19-20,34H,2-5,14-18H2,1H3. The third-order valence-corrected chi connectivity index (χ3v) is 8.78. The van der Waals surface area contributed by atoms with Crippen LogP contribution < -0.4 is 14.4 Å². The smallest absolute Gasteiger partial charge is 0.415 e. The molecule has 38 heavy (non-hydrogen) atoms. The lowest BCUT2D eigenvalue weighted by atomic mass is 9.98. The van der Waals surface area contributed by atoms with Crippen LogP contribution in [0, 0.1) is 0 Å². The van der Waals surface area contributed by atoms with E-state index < -0.39 is 0 Å². The van der Waals surface area contributed by atoms with Crippen molar-refractivity contribution in [1.82, 2.24) is 4.90 Å². The third kappa shape index (κ3) is 4.90. The molecule has 0 aliphatic carbocycles. The van der Waals surface area contributed by atoms with E-state index in [1.807, 2.05) is 36.4 Å². The Balaban J connectivity index is 1.31. The van der Waals surface area contributed by atoms with Crippen molar-refractivity contribution < 1.29 is 19.4 Å². The summed E-state index contributed by atoms with van der Waals surface area (Å²) in [5.41, 5.74) is 4.60. The Labute approximate surface area is 227 Å². The van der Waals surface area contributed by atoms with Crippen molar-refractivity contribution in [3.8, 4) is 27.7 Å². The summed E-state index contributed by atoms with van der Waals surface area (Å²) in [5.74, 6) is 1.72. The van der Waals surface area contributed by atoms with E-state index in [-0.39, 0.29) is 11.8 Å². The monoisotopic (exact) mass is 528 g/mol. The maximum Gasteiger partial charge on any atom is 0.415 e. The molecule has 7 heteroatoms. The normalized spacial score (nSPS) is 15.4. The molecule has 1 amide bonds. The molecule has 0 radical (unpaired) electrons. The van der Waals surface area contributed by atoms with E-state index in [0.29, 0.717) is 5.75 Å². The van der Waals surface area contributed by atoms with Crippen molar-refractivity contribution in [1.29, 1.82) is 0 Å². The number of anilines is 1. The van der Waals surface area contributed by atoms with Gasteiger partial charge >= 0.3 is 6.09 Å². The number of nitrogens with zero attached hydrogens (tertiary/aromatic N) is 2. The highest BCUT2D eigenvalue weighted by Gasteiger charge is 2.21. The van der Waals surface area contributed by atoms with Gasteiger partial charge in [-0.2, -0.15) is 0 Å². The van der Waals surface area contributed by atoms with Gasteiger partial charge in [-0.15, -0.1) is 11.3 Å². The largest absolute Gasteiger partial charge is 0.508 e. The van der Waals surface area contributed by atoms with Crippen LogP contribution in [0.2, 0.25) is 0 Å². The lowest BCUT2D eigenvalue weighted by molar-refractivity contribution is 0.163. The molecule has 0 unspecified atom stereocenters. The number of aromatic hydroxyl groups is 1. The minimum absolute atomic E-state index is 0.262. The van der Waals surface area contributed by atoms with E-state index in [4.69, 9.17) is 9.47 Å². The van der Waals surface area contributed by atoms with Gasteiger partial charge in [0, 0.05) is 35.8 Å². The lowest BCUT2D eigenvalue weighted by Gasteiger charge is -2.21. The number of phenols is 1. The molecule has 2 fully saturated rings. The zero-order chi connectivity index (χ0) is 26.1. The summed E-state index contributed by atoms with van der Waals surface area (Å²) in [7, 11) is 1.74. The Morgan fingerprint density at radius 3 is 2.39 bits per heavy atom. The van der Waals surface area contributed by atoms with Crippen LogP contribution in [0.25, 0.3) is 20.5 Å². The van der Waals surface area contributed by atoms with Crippen LogP contribution in [-0.4, -0.2) is 49.4 Å². The fraction of sp³-hybridized carbons (Fsp3) is 0.323. The molecule has 0 spiro atoms. The highest BCUT2D eigenvalue weighted by Crippen LogP contribution is 2.42. The van der Waals surface area contributed by atoms with E-state index in [9.17, 15) is 9.90 Å². The molecule has 6 rings (SSSR count). The lowest BCUT2D eigenvalue weighted by Crippen LogP contribution is -2.30. The van der Waals surface area contributed by atoms with Gasteiger partial charge in [0.15, 0.2) is 0 Å². The number of rotatable bonds is 6. The van der Waals surface area contributed by atoms with Crippen LogP contribution in [0.4, 0.5) is 10.5 Å². The van der Waals surface area contributed by atoms with E-state index in [1.54, 1.807) is 29.4 Å². The second kappa shape index (κ2) is 10.6. The van der Waals surface area contributed by atoms with Crippen LogP contribution in [0.3, 0.4) is 0 Å². The number of methoxy groups -OCH3 is 1. The number of amides is 1. The number of fused-ring (bicyclic) bond motifs is 1. The Morgan fingerprint density at radius 2 is 1.66 bits per heavy atom. The van der Waals surface area contributed by atoms with Gasteiger partial charge in [-0.3, -0.25) is 0 Å². The second-order valence-corrected chi connectivity index (χ2v) is 11.1. The van der Waals surface area contributed by atoms with Crippen molar-refractivity contribution in [3.05, 3.63) is 71.8 Å². The van der Waals surface area contributed by atoms with Crippen molar-refractivity contribution in [2.24, 2.45) is 0 Å². The summed E-state index contributed by atoms with van der Waals surface area (Å²) < 4.78 is 12.5. The molecule has 2 saturated heterocycles. The van der Waals surface area contributed by atoms with Gasteiger partial charge in [-0.25, -0.2) is 4.79 Å². The molecule has 3 heterocycles. The van der Waals surface area contributed by atoms with Gasteiger partial charge in [0.05, 0.1) is 12.8 Å². The van der Waals surface area contributed by atoms with Crippen molar-refractivity contribution >= 4 is 33.2 Å². The first-order valence-corrected chi connectivity index (χ1v) is 14.1. The second-order valence-electron chi connectivity index (χ2n) is 10.1. The average Bonchev–Trinajstić information content (AvgIpc) is 3.71. The van der Waals surface area contributed by atoms with Gasteiger partial charge in [0.1, 0.15) is 17.2 Å². The third-order valence-electron chi connectivity index (χ3n) is 7.53. The molecule has 1 aromatic heterocycles. The molecule has 196 valence electrons. The quantitative estimate of drug-likeness (QED) is 0.290. The zero-order valence-corrected chi connectivity index (χ0v) is 22.4. The van der Waals surface area contributed by atoms with Crippen LogP contribution >= 0.6 is 11.3 Å². The van der Waals surface area contributed by atoms with Gasteiger partial charge in [-0.05, 0) is 109 Å². The van der Waals surface area contributed by atoms with Crippen LogP contribution in [0.5, 0.6) is 17.2 Å². The SMILES string of the molecule is COc1cc(Cc2c(-c3ccc(OC(=O)N4CCCC4)cc3)sc3cc(O)ccc23)ccc1N1CCCC1. The minimum Gasteiger partial charge on any atom is -0.508 e. The number of likely N-dealkylation sites (tertiary alicyclic amines) is 1. The fourth-order valence-corrected chi connectivity index (χ4v) is 6.80. The summed E-state index contributed by atoms with van der Waals surface area (Å²) in [4.78, 5) is 17.7. The summed E-state index contributed by atoms with van der Waals surface area (Å²) in [6.07, 6.45) is 4.97. The molecule has 4 aromatic rings. The zero-order valence-electron chi connectivity index (χ0n) is 21.6. The number of carbonyl (C=O) groups is 1. The van der Waals surface area contributed by atoms with Crippen LogP contribution in [-0.2, 0) is 6.42 Å². The first-order chi connectivity index (χ1) is 18.6. The molecule has 3 aromatic carbocycles. The van der Waals surface area contributed by atoms with Crippen molar-refractivity contribution in [2.45, 2.75) is 32.1 Å². The molecular formula is C31H32N2O4S. The minimum atomic E-state index is -0.278. The molecule has 6 nitrogen and oxygen atoms in total. The summed E-state index contributed by atoms with van der Waals surface area (Å²) in [6, 6.07) is 19.9. The topological polar surface area (TPSA) is 62.2 Å². The maximum atomic E-state index is 12.4. The van der Waals surface area contributed by atoms with E-state index in [0.717, 1.165) is 77.4 Å². The first-order valence-electron chi connectivity index (χ1n) is 13.3.